The molecule has 11 heteroatoms. The molecular formula is C29H47NO10. The number of hydroxylamine groups is 2. The molecule has 40 heavy (non-hydrogen) atoms. The van der Waals surface area contributed by atoms with Gasteiger partial charge in [0.2, 0.25) is 0 Å². The second-order valence-corrected chi connectivity index (χ2v) is 10.8. The van der Waals surface area contributed by atoms with Gasteiger partial charge in [-0.05, 0) is 25.7 Å². The minimum absolute atomic E-state index is 0.0551. The van der Waals surface area contributed by atoms with E-state index in [4.69, 9.17) is 15.1 Å². The summed E-state index contributed by atoms with van der Waals surface area (Å²) in [6.07, 6.45) is 13.2. The lowest BCUT2D eigenvalue weighted by Gasteiger charge is -2.28. The second kappa shape index (κ2) is 20.0. The molecule has 0 aliphatic carbocycles. The summed E-state index contributed by atoms with van der Waals surface area (Å²) in [6, 6.07) is 0. The van der Waals surface area contributed by atoms with Crippen LogP contribution in [-0.2, 0) is 33.6 Å². The van der Waals surface area contributed by atoms with Gasteiger partial charge in [-0.25, -0.2) is 4.79 Å². The molecule has 3 N–H and O–H groups in total. The third kappa shape index (κ3) is 13.9. The molecule has 0 aromatic carbocycles. The number of carbonyl (C=O) groups is 6. The van der Waals surface area contributed by atoms with Crippen molar-refractivity contribution in [1.29, 1.82) is 0 Å². The fourth-order valence-corrected chi connectivity index (χ4v) is 4.99. The van der Waals surface area contributed by atoms with E-state index in [1.807, 2.05) is 0 Å². The van der Waals surface area contributed by atoms with Crippen molar-refractivity contribution in [1.82, 2.24) is 5.06 Å². The van der Waals surface area contributed by atoms with Crippen molar-refractivity contribution in [2.45, 2.75) is 141 Å². The molecule has 0 atom stereocenters. The predicted octanol–water partition coefficient (Wildman–Crippen LogP) is 5.64. The molecule has 1 heterocycles. The van der Waals surface area contributed by atoms with E-state index < -0.39 is 41.1 Å². The van der Waals surface area contributed by atoms with Gasteiger partial charge in [0, 0.05) is 25.7 Å². The summed E-state index contributed by atoms with van der Waals surface area (Å²) in [5, 5.41) is 27.9. The van der Waals surface area contributed by atoms with Crippen LogP contribution in [0.2, 0.25) is 0 Å². The van der Waals surface area contributed by atoms with Crippen LogP contribution in [-0.4, -0.2) is 56.1 Å². The molecule has 0 aromatic heterocycles. The maximum absolute atomic E-state index is 13.2. The molecule has 0 aromatic rings. The zero-order valence-electron chi connectivity index (χ0n) is 23.7. The molecule has 0 radical (unpaired) electrons. The van der Waals surface area contributed by atoms with Crippen LogP contribution in [0.3, 0.4) is 0 Å². The largest absolute Gasteiger partial charge is 0.481 e. The van der Waals surface area contributed by atoms with Crippen molar-refractivity contribution in [3.8, 4) is 0 Å². The Balaban J connectivity index is 2.55. The number of rotatable bonds is 25. The summed E-state index contributed by atoms with van der Waals surface area (Å²) < 4.78 is 0. The summed E-state index contributed by atoms with van der Waals surface area (Å²) in [4.78, 5) is 75.7. The number of imide groups is 1. The quantitative estimate of drug-likeness (QED) is 0.0709. The Morgan fingerprint density at radius 1 is 0.575 bits per heavy atom. The first-order valence-electron chi connectivity index (χ1n) is 14.9. The molecule has 0 unspecified atom stereocenters. The third-order valence-corrected chi connectivity index (χ3v) is 7.47. The standard InChI is InChI=1S/C29H47NO10/c31-23-19-20-24(32)30(23)40-28(39)29(27(37)38,21-15-11-7-3-1-5-9-13-17-25(33)34)22-16-12-8-4-2-6-10-14-18-26(35)36/h1-22H2,(H,33,34)(H,35,36)(H,37,38). The molecule has 0 bridgehead atoms. The summed E-state index contributed by atoms with van der Waals surface area (Å²) in [7, 11) is 0. The van der Waals surface area contributed by atoms with Crippen LogP contribution in [0.1, 0.15) is 141 Å². The third-order valence-electron chi connectivity index (χ3n) is 7.47. The number of hydrogen-bond donors (Lipinski definition) is 3. The first-order valence-corrected chi connectivity index (χ1v) is 14.9. The zero-order valence-corrected chi connectivity index (χ0v) is 23.7. The van der Waals surface area contributed by atoms with Crippen molar-refractivity contribution in [2.24, 2.45) is 5.41 Å². The van der Waals surface area contributed by atoms with Gasteiger partial charge in [0.1, 0.15) is 0 Å². The van der Waals surface area contributed by atoms with Gasteiger partial charge in [0.15, 0.2) is 5.41 Å². The number of unbranched alkanes of at least 4 members (excludes halogenated alkanes) is 14. The topological polar surface area (TPSA) is 176 Å². The van der Waals surface area contributed by atoms with Crippen LogP contribution in [0.25, 0.3) is 0 Å². The summed E-state index contributed by atoms with van der Waals surface area (Å²) in [6.45, 7) is 0. The molecule has 1 rings (SSSR count). The molecule has 1 fully saturated rings. The van der Waals surface area contributed by atoms with E-state index in [-0.39, 0.29) is 38.5 Å². The first kappa shape index (κ1) is 35.0. The van der Waals surface area contributed by atoms with Crippen LogP contribution in [0.4, 0.5) is 0 Å². The van der Waals surface area contributed by atoms with Crippen molar-refractivity contribution in [3.05, 3.63) is 0 Å². The Bertz CT molecular complexity index is 791. The van der Waals surface area contributed by atoms with Crippen molar-refractivity contribution in [3.63, 3.8) is 0 Å². The van der Waals surface area contributed by atoms with E-state index in [0.717, 1.165) is 77.0 Å². The monoisotopic (exact) mass is 569 g/mol. The highest BCUT2D eigenvalue weighted by atomic mass is 16.7. The van der Waals surface area contributed by atoms with Crippen LogP contribution >= 0.6 is 0 Å². The minimum Gasteiger partial charge on any atom is -0.481 e. The Hall–Kier alpha value is -2.98. The van der Waals surface area contributed by atoms with E-state index in [2.05, 4.69) is 0 Å². The Labute approximate surface area is 236 Å². The average Bonchev–Trinajstić information content (AvgIpc) is 3.21. The minimum atomic E-state index is -1.84. The Morgan fingerprint density at radius 3 is 1.23 bits per heavy atom. The number of hydrogen-bond acceptors (Lipinski definition) is 7. The Kier molecular flexibility index (Phi) is 17.5. The number of aliphatic carboxylic acids is 3. The molecule has 11 nitrogen and oxygen atoms in total. The lowest BCUT2D eigenvalue weighted by molar-refractivity contribution is -0.208. The lowest BCUT2D eigenvalue weighted by atomic mass is 9.77. The predicted molar refractivity (Wildman–Crippen MR) is 145 cm³/mol. The van der Waals surface area contributed by atoms with Gasteiger partial charge < -0.3 is 20.2 Å². The average molecular weight is 570 g/mol. The highest BCUT2D eigenvalue weighted by molar-refractivity contribution is 6.04. The Morgan fingerprint density at radius 2 is 0.900 bits per heavy atom. The van der Waals surface area contributed by atoms with E-state index >= 15 is 0 Å². The van der Waals surface area contributed by atoms with E-state index in [0.29, 0.717) is 30.7 Å². The lowest BCUT2D eigenvalue weighted by Crippen LogP contribution is -2.45. The van der Waals surface area contributed by atoms with Gasteiger partial charge in [-0.2, -0.15) is 0 Å². The normalized spacial score (nSPS) is 13.6. The van der Waals surface area contributed by atoms with Gasteiger partial charge in [0.05, 0.1) is 0 Å². The van der Waals surface area contributed by atoms with Gasteiger partial charge >= 0.3 is 23.9 Å². The molecule has 1 aliphatic heterocycles. The second-order valence-electron chi connectivity index (χ2n) is 10.8. The molecular weight excluding hydrogens is 522 g/mol. The van der Waals surface area contributed by atoms with Crippen molar-refractivity contribution < 1.29 is 48.9 Å². The molecule has 0 saturated carbocycles. The number of nitrogens with zero attached hydrogens (tertiary/aromatic N) is 1. The van der Waals surface area contributed by atoms with Gasteiger partial charge in [-0.15, -0.1) is 5.06 Å². The van der Waals surface area contributed by atoms with E-state index in [9.17, 15) is 33.9 Å². The van der Waals surface area contributed by atoms with E-state index in [1.165, 1.54) is 0 Å². The highest BCUT2D eigenvalue weighted by Crippen LogP contribution is 2.35. The maximum Gasteiger partial charge on any atom is 0.350 e. The highest BCUT2D eigenvalue weighted by Gasteiger charge is 2.49. The molecule has 1 aliphatic rings. The number of carboxylic acids is 3. The summed E-state index contributed by atoms with van der Waals surface area (Å²) in [5.74, 6) is -5.25. The summed E-state index contributed by atoms with van der Waals surface area (Å²) >= 11 is 0. The zero-order chi connectivity index (χ0) is 29.8. The SMILES string of the molecule is O=C(O)CCCCCCCCCCC(CCCCCCCCCCC(=O)O)(C(=O)O)C(=O)ON1C(=O)CCC1=O. The molecule has 0 spiro atoms. The van der Waals surface area contributed by atoms with E-state index in [1.54, 1.807) is 0 Å². The number of carbonyl (C=O) groups excluding carboxylic acids is 3. The fourth-order valence-electron chi connectivity index (χ4n) is 4.99. The number of amides is 2. The van der Waals surface area contributed by atoms with Crippen LogP contribution < -0.4 is 0 Å². The van der Waals surface area contributed by atoms with Gasteiger partial charge in [-0.3, -0.25) is 24.0 Å². The van der Waals surface area contributed by atoms with Crippen molar-refractivity contribution in [2.75, 3.05) is 0 Å². The van der Waals surface area contributed by atoms with Crippen LogP contribution in [0.5, 0.6) is 0 Å². The molecule has 228 valence electrons. The van der Waals surface area contributed by atoms with Gasteiger partial charge in [0.25, 0.3) is 11.8 Å². The molecule has 2 amide bonds. The van der Waals surface area contributed by atoms with Gasteiger partial charge in [-0.1, -0.05) is 89.9 Å². The van der Waals surface area contributed by atoms with Crippen molar-refractivity contribution >= 4 is 35.7 Å². The smallest absolute Gasteiger partial charge is 0.350 e. The first-order chi connectivity index (χ1) is 19.1. The number of carboxylic acid groups (broad SMARTS) is 3. The maximum atomic E-state index is 13.2. The van der Waals surface area contributed by atoms with Crippen LogP contribution in [0, 0.1) is 5.41 Å². The van der Waals surface area contributed by atoms with Crippen LogP contribution in [0.15, 0.2) is 0 Å². The summed E-state index contributed by atoms with van der Waals surface area (Å²) in [5.41, 5.74) is -1.84. The fraction of sp³-hybridized carbons (Fsp3) is 0.793. The molecule has 1 saturated heterocycles.